The minimum Gasteiger partial charge on any atom is -0.385 e. The number of aryl methyl sites for hydroxylation is 2. The molecule has 3 amide bonds. The van der Waals surface area contributed by atoms with Gasteiger partial charge in [0.25, 0.3) is 0 Å². The van der Waals surface area contributed by atoms with Crippen LogP contribution < -0.4 is 5.32 Å². The van der Waals surface area contributed by atoms with Gasteiger partial charge in [0.05, 0.1) is 17.7 Å². The molecule has 0 bridgehead atoms. The number of nitrogens with zero attached hydrogens (tertiary/aromatic N) is 3. The highest BCUT2D eigenvalue weighted by atomic mass is 16.5. The first-order chi connectivity index (χ1) is 16.4. The number of carbonyl (C=O) groups is 3. The molecular formula is C26H30N4O4. The second-order valence-corrected chi connectivity index (χ2v) is 8.88. The van der Waals surface area contributed by atoms with Crippen molar-refractivity contribution in [3.8, 4) is 0 Å². The van der Waals surface area contributed by atoms with Crippen LogP contribution in [-0.4, -0.2) is 52.3 Å². The van der Waals surface area contributed by atoms with Crippen LogP contribution in [-0.2, 0) is 31.1 Å². The maximum Gasteiger partial charge on any atom is 0.240 e. The number of carbonyl (C=O) groups excluding carboxylic acids is 3. The lowest BCUT2D eigenvalue weighted by atomic mass is 9.74. The number of imidazole rings is 1. The van der Waals surface area contributed by atoms with Crippen molar-refractivity contribution in [2.75, 3.05) is 20.3 Å². The Labute approximate surface area is 198 Å². The minimum absolute atomic E-state index is 0.0232. The van der Waals surface area contributed by atoms with Gasteiger partial charge in [0.15, 0.2) is 0 Å². The van der Waals surface area contributed by atoms with E-state index < -0.39 is 5.41 Å². The highest BCUT2D eigenvalue weighted by Gasteiger charge is 2.53. The highest BCUT2D eigenvalue weighted by Crippen LogP contribution is 2.41. The Kier molecular flexibility index (Phi) is 6.79. The fraction of sp³-hybridized carbons (Fsp3) is 0.385. The molecular weight excluding hydrogens is 432 g/mol. The average Bonchev–Trinajstić information content (AvgIpc) is 3.33. The number of nitrogens with one attached hydrogen (secondary N) is 1. The SMILES string of the molecule is COCCCN1C(=O)C[C@](CC(=O)NCc2cn3cccc(C)c3n2)(c2ccccc2C)C1=O. The largest absolute Gasteiger partial charge is 0.385 e. The maximum absolute atomic E-state index is 13.6. The van der Waals surface area contributed by atoms with E-state index in [-0.39, 0.29) is 43.7 Å². The minimum atomic E-state index is -1.21. The summed E-state index contributed by atoms with van der Waals surface area (Å²) in [6, 6.07) is 11.4. The van der Waals surface area contributed by atoms with E-state index in [2.05, 4.69) is 10.3 Å². The molecule has 1 saturated heterocycles. The average molecular weight is 463 g/mol. The van der Waals surface area contributed by atoms with E-state index in [0.29, 0.717) is 13.0 Å². The first-order valence-electron chi connectivity index (χ1n) is 11.5. The smallest absolute Gasteiger partial charge is 0.240 e. The van der Waals surface area contributed by atoms with Crippen molar-refractivity contribution >= 4 is 23.4 Å². The monoisotopic (exact) mass is 462 g/mol. The number of fused-ring (bicyclic) bond motifs is 1. The van der Waals surface area contributed by atoms with Crippen LogP contribution in [0.1, 0.15) is 41.6 Å². The highest BCUT2D eigenvalue weighted by molar-refractivity contribution is 6.10. The number of hydrogen-bond donors (Lipinski definition) is 1. The van der Waals surface area contributed by atoms with Gasteiger partial charge in [0, 0.05) is 45.5 Å². The molecule has 0 radical (unpaired) electrons. The fourth-order valence-electron chi connectivity index (χ4n) is 4.76. The predicted octanol–water partition coefficient (Wildman–Crippen LogP) is 2.69. The molecule has 3 heterocycles. The number of rotatable bonds is 9. The molecule has 0 aliphatic carbocycles. The van der Waals surface area contributed by atoms with Gasteiger partial charge in [-0.2, -0.15) is 0 Å². The standard InChI is InChI=1S/C26H30N4O4/c1-18-8-4-5-10-21(18)26(15-23(32)30(25(26)33)12-7-13-34-3)14-22(31)27-16-20-17-29-11-6-9-19(2)24(29)28-20/h4-6,8-11,17H,7,12-16H2,1-3H3,(H,27,31)/t26-/m1/s1. The maximum atomic E-state index is 13.6. The Morgan fingerprint density at radius 3 is 2.65 bits per heavy atom. The quantitative estimate of drug-likeness (QED) is 0.390. The topological polar surface area (TPSA) is 93.0 Å². The molecule has 34 heavy (non-hydrogen) atoms. The lowest BCUT2D eigenvalue weighted by Gasteiger charge is -2.28. The number of methoxy groups -OCH3 is 1. The molecule has 0 spiro atoms. The molecule has 1 fully saturated rings. The first kappa shape index (κ1) is 23.6. The van der Waals surface area contributed by atoms with E-state index in [0.717, 1.165) is 28.0 Å². The first-order valence-corrected chi connectivity index (χ1v) is 11.5. The molecule has 8 heteroatoms. The molecule has 0 saturated carbocycles. The van der Waals surface area contributed by atoms with Gasteiger partial charge in [-0.25, -0.2) is 4.98 Å². The zero-order valence-electron chi connectivity index (χ0n) is 19.8. The number of likely N-dealkylation sites (tertiary alicyclic amines) is 1. The number of imide groups is 1. The number of aromatic nitrogens is 2. The van der Waals surface area contributed by atoms with Crippen LogP contribution in [0.5, 0.6) is 0 Å². The molecule has 1 N–H and O–H groups in total. The second-order valence-electron chi connectivity index (χ2n) is 8.88. The van der Waals surface area contributed by atoms with Gasteiger partial charge >= 0.3 is 0 Å². The zero-order chi connectivity index (χ0) is 24.3. The van der Waals surface area contributed by atoms with E-state index in [1.165, 1.54) is 4.90 Å². The molecule has 1 atom stereocenters. The third-order valence-corrected chi connectivity index (χ3v) is 6.46. The summed E-state index contributed by atoms with van der Waals surface area (Å²) in [6.45, 7) is 4.86. The predicted molar refractivity (Wildman–Crippen MR) is 127 cm³/mol. The lowest BCUT2D eigenvalue weighted by Crippen LogP contribution is -2.43. The molecule has 1 aromatic carbocycles. The zero-order valence-corrected chi connectivity index (χ0v) is 19.8. The third kappa shape index (κ3) is 4.46. The number of hydrogen-bond acceptors (Lipinski definition) is 5. The molecule has 0 unspecified atom stereocenters. The lowest BCUT2D eigenvalue weighted by molar-refractivity contribution is -0.141. The van der Waals surface area contributed by atoms with Crippen LogP contribution in [0.4, 0.5) is 0 Å². The normalized spacial score (nSPS) is 18.1. The van der Waals surface area contributed by atoms with Gasteiger partial charge in [-0.1, -0.05) is 30.3 Å². The van der Waals surface area contributed by atoms with Crippen molar-refractivity contribution in [1.29, 1.82) is 0 Å². The van der Waals surface area contributed by atoms with E-state index in [9.17, 15) is 14.4 Å². The van der Waals surface area contributed by atoms with E-state index >= 15 is 0 Å². The molecule has 2 aromatic heterocycles. The van der Waals surface area contributed by atoms with Crippen molar-refractivity contribution in [3.63, 3.8) is 0 Å². The van der Waals surface area contributed by atoms with Crippen molar-refractivity contribution in [1.82, 2.24) is 19.6 Å². The van der Waals surface area contributed by atoms with Gasteiger partial charge < -0.3 is 14.5 Å². The Morgan fingerprint density at radius 2 is 1.91 bits per heavy atom. The molecule has 8 nitrogen and oxygen atoms in total. The summed E-state index contributed by atoms with van der Waals surface area (Å²) in [5, 5.41) is 2.91. The summed E-state index contributed by atoms with van der Waals surface area (Å²) >= 11 is 0. The fourth-order valence-corrected chi connectivity index (χ4v) is 4.76. The molecule has 3 aromatic rings. The molecule has 178 valence electrons. The van der Waals surface area contributed by atoms with Crippen LogP contribution in [0, 0.1) is 13.8 Å². The van der Waals surface area contributed by atoms with Crippen LogP contribution in [0.15, 0.2) is 48.8 Å². The third-order valence-electron chi connectivity index (χ3n) is 6.46. The summed E-state index contributed by atoms with van der Waals surface area (Å²) in [7, 11) is 1.58. The van der Waals surface area contributed by atoms with Crippen molar-refractivity contribution in [2.45, 2.75) is 45.1 Å². The van der Waals surface area contributed by atoms with Gasteiger partial charge in [-0.15, -0.1) is 0 Å². The van der Waals surface area contributed by atoms with Gasteiger partial charge in [0.2, 0.25) is 17.7 Å². The molecule has 4 rings (SSSR count). The van der Waals surface area contributed by atoms with Crippen LogP contribution in [0.2, 0.25) is 0 Å². The Bertz CT molecular complexity index is 1230. The van der Waals surface area contributed by atoms with E-state index in [1.54, 1.807) is 7.11 Å². The Morgan fingerprint density at radius 1 is 1.15 bits per heavy atom. The summed E-state index contributed by atoms with van der Waals surface area (Å²) in [6.07, 6.45) is 4.22. The van der Waals surface area contributed by atoms with Gasteiger partial charge in [-0.05, 0) is 43.0 Å². The number of amides is 3. The summed E-state index contributed by atoms with van der Waals surface area (Å²) in [4.78, 5) is 45.5. The van der Waals surface area contributed by atoms with Gasteiger partial charge in [0.1, 0.15) is 5.65 Å². The van der Waals surface area contributed by atoms with Crippen LogP contribution in [0.3, 0.4) is 0 Å². The Hall–Kier alpha value is -3.52. The van der Waals surface area contributed by atoms with Gasteiger partial charge in [-0.3, -0.25) is 19.3 Å². The number of pyridine rings is 1. The van der Waals surface area contributed by atoms with Crippen molar-refractivity contribution < 1.29 is 19.1 Å². The molecule has 1 aliphatic heterocycles. The summed E-state index contributed by atoms with van der Waals surface area (Å²) < 4.78 is 6.99. The van der Waals surface area contributed by atoms with E-state index in [4.69, 9.17) is 4.74 Å². The Balaban J connectivity index is 1.55. The summed E-state index contributed by atoms with van der Waals surface area (Å²) in [5.41, 5.74) is 3.00. The molecule has 1 aliphatic rings. The summed E-state index contributed by atoms with van der Waals surface area (Å²) in [5.74, 6) is -0.869. The van der Waals surface area contributed by atoms with Crippen LogP contribution in [0.25, 0.3) is 5.65 Å². The van der Waals surface area contributed by atoms with Crippen LogP contribution >= 0.6 is 0 Å². The second kappa shape index (κ2) is 9.77. The van der Waals surface area contributed by atoms with E-state index in [1.807, 2.05) is 67.0 Å². The number of benzene rings is 1. The number of ether oxygens (including phenoxy) is 1. The van der Waals surface area contributed by atoms with Crippen molar-refractivity contribution in [2.24, 2.45) is 0 Å². The van der Waals surface area contributed by atoms with Crippen molar-refractivity contribution in [3.05, 3.63) is 71.2 Å².